The van der Waals surface area contributed by atoms with Gasteiger partial charge in [0, 0.05) is 31.7 Å². The van der Waals surface area contributed by atoms with Gasteiger partial charge in [0.25, 0.3) is 5.91 Å². The summed E-state index contributed by atoms with van der Waals surface area (Å²) >= 11 is 0. The van der Waals surface area contributed by atoms with Crippen molar-refractivity contribution in [2.45, 2.75) is 20.3 Å². The number of amides is 2. The molecule has 5 nitrogen and oxygen atoms in total. The van der Waals surface area contributed by atoms with Crippen molar-refractivity contribution >= 4 is 11.8 Å². The number of methoxy groups -OCH3 is 1. The molecule has 2 aromatic rings. The summed E-state index contributed by atoms with van der Waals surface area (Å²) in [6.07, 6.45) is 0.408. The molecule has 0 bridgehead atoms. The van der Waals surface area contributed by atoms with Gasteiger partial charge < -0.3 is 14.5 Å². The highest BCUT2D eigenvalue weighted by atomic mass is 16.5. The highest BCUT2D eigenvalue weighted by Crippen LogP contribution is 2.24. The Morgan fingerprint density at radius 3 is 2.19 bits per heavy atom. The van der Waals surface area contributed by atoms with Crippen LogP contribution in [-0.4, -0.2) is 54.9 Å². The first-order valence-corrected chi connectivity index (χ1v) is 9.26. The van der Waals surface area contributed by atoms with Crippen molar-refractivity contribution in [2.24, 2.45) is 0 Å². The molecule has 0 saturated carbocycles. The fraction of sp³-hybridized carbons (Fsp3) is 0.364. The Balaban J connectivity index is 1.61. The second kappa shape index (κ2) is 8.25. The summed E-state index contributed by atoms with van der Waals surface area (Å²) in [5, 5.41) is 0. The lowest BCUT2D eigenvalue weighted by Gasteiger charge is -2.35. The smallest absolute Gasteiger partial charge is 0.254 e. The molecule has 142 valence electrons. The van der Waals surface area contributed by atoms with Gasteiger partial charge in [-0.25, -0.2) is 0 Å². The molecule has 0 N–H and O–H groups in total. The van der Waals surface area contributed by atoms with E-state index in [9.17, 15) is 9.59 Å². The fourth-order valence-electron chi connectivity index (χ4n) is 3.45. The first-order chi connectivity index (χ1) is 13.0. The molecule has 0 spiro atoms. The minimum absolute atomic E-state index is 0.0217. The van der Waals surface area contributed by atoms with Crippen LogP contribution in [0.4, 0.5) is 0 Å². The SMILES string of the molecule is COc1cc(C)c(C(=O)N2CCN(C(=O)Cc3ccccc3)CC2)cc1C. The molecular weight excluding hydrogens is 340 g/mol. The number of rotatable bonds is 4. The normalized spacial score (nSPS) is 14.2. The predicted molar refractivity (Wildman–Crippen MR) is 105 cm³/mol. The molecule has 0 unspecified atom stereocenters. The number of carbonyl (C=O) groups excluding carboxylic acids is 2. The van der Waals surface area contributed by atoms with E-state index in [0.29, 0.717) is 38.2 Å². The van der Waals surface area contributed by atoms with Crippen molar-refractivity contribution in [1.82, 2.24) is 9.80 Å². The number of nitrogens with zero attached hydrogens (tertiary/aromatic N) is 2. The lowest BCUT2D eigenvalue weighted by molar-refractivity contribution is -0.131. The van der Waals surface area contributed by atoms with Crippen molar-refractivity contribution in [3.63, 3.8) is 0 Å². The van der Waals surface area contributed by atoms with Crippen LogP contribution >= 0.6 is 0 Å². The number of piperazine rings is 1. The standard InChI is InChI=1S/C22H26N2O3/c1-16-14-20(27-3)17(2)13-19(16)22(26)24-11-9-23(10-12-24)21(25)15-18-7-5-4-6-8-18/h4-8,13-14H,9-12,15H2,1-3H3. The summed E-state index contributed by atoms with van der Waals surface area (Å²) in [6, 6.07) is 13.6. The molecule has 1 fully saturated rings. The molecular formula is C22H26N2O3. The van der Waals surface area contributed by atoms with E-state index in [-0.39, 0.29) is 11.8 Å². The van der Waals surface area contributed by atoms with Gasteiger partial charge in [-0.3, -0.25) is 9.59 Å². The zero-order chi connectivity index (χ0) is 19.4. The molecule has 27 heavy (non-hydrogen) atoms. The summed E-state index contributed by atoms with van der Waals surface area (Å²) in [6.45, 7) is 6.13. The van der Waals surface area contributed by atoms with E-state index in [1.54, 1.807) is 7.11 Å². The molecule has 1 aliphatic rings. The van der Waals surface area contributed by atoms with Crippen molar-refractivity contribution in [3.05, 3.63) is 64.7 Å². The van der Waals surface area contributed by atoms with Gasteiger partial charge in [-0.1, -0.05) is 30.3 Å². The van der Waals surface area contributed by atoms with Crippen molar-refractivity contribution < 1.29 is 14.3 Å². The van der Waals surface area contributed by atoms with Crippen LogP contribution in [0.1, 0.15) is 27.0 Å². The van der Waals surface area contributed by atoms with Crippen LogP contribution in [0.2, 0.25) is 0 Å². The van der Waals surface area contributed by atoms with Crippen LogP contribution in [0.3, 0.4) is 0 Å². The minimum atomic E-state index is 0.0217. The Hall–Kier alpha value is -2.82. The number of hydrogen-bond donors (Lipinski definition) is 0. The maximum absolute atomic E-state index is 12.9. The monoisotopic (exact) mass is 366 g/mol. The van der Waals surface area contributed by atoms with Crippen LogP contribution in [0.15, 0.2) is 42.5 Å². The average Bonchev–Trinajstić information content (AvgIpc) is 2.69. The van der Waals surface area contributed by atoms with E-state index in [1.165, 1.54) is 0 Å². The molecule has 1 saturated heterocycles. The summed E-state index contributed by atoms with van der Waals surface area (Å²) < 4.78 is 5.33. The number of aryl methyl sites for hydroxylation is 2. The lowest BCUT2D eigenvalue weighted by Crippen LogP contribution is -2.51. The molecule has 0 atom stereocenters. The van der Waals surface area contributed by atoms with Crippen LogP contribution < -0.4 is 4.74 Å². The van der Waals surface area contributed by atoms with Crippen molar-refractivity contribution in [3.8, 4) is 5.75 Å². The van der Waals surface area contributed by atoms with E-state index >= 15 is 0 Å². The van der Waals surface area contributed by atoms with Gasteiger partial charge in [0.05, 0.1) is 13.5 Å². The van der Waals surface area contributed by atoms with Crippen LogP contribution in [0.5, 0.6) is 5.75 Å². The topological polar surface area (TPSA) is 49.9 Å². The molecule has 1 aliphatic heterocycles. The van der Waals surface area contributed by atoms with Crippen LogP contribution in [-0.2, 0) is 11.2 Å². The lowest BCUT2D eigenvalue weighted by atomic mass is 10.0. The Morgan fingerprint density at radius 1 is 0.926 bits per heavy atom. The maximum atomic E-state index is 12.9. The van der Waals surface area contributed by atoms with E-state index in [1.807, 2.05) is 66.1 Å². The van der Waals surface area contributed by atoms with Crippen molar-refractivity contribution in [2.75, 3.05) is 33.3 Å². The average molecular weight is 366 g/mol. The zero-order valence-corrected chi connectivity index (χ0v) is 16.2. The predicted octanol–water partition coefficient (Wildman–Crippen LogP) is 2.84. The summed E-state index contributed by atoms with van der Waals surface area (Å²) in [5.41, 5.74) is 3.58. The fourth-order valence-corrected chi connectivity index (χ4v) is 3.45. The van der Waals surface area contributed by atoms with E-state index in [0.717, 1.165) is 22.4 Å². The number of ether oxygens (including phenoxy) is 1. The van der Waals surface area contributed by atoms with Crippen LogP contribution in [0.25, 0.3) is 0 Å². The highest BCUT2D eigenvalue weighted by molar-refractivity contribution is 5.96. The Kier molecular flexibility index (Phi) is 5.79. The number of hydrogen-bond acceptors (Lipinski definition) is 3. The van der Waals surface area contributed by atoms with E-state index < -0.39 is 0 Å². The third-order valence-electron chi connectivity index (χ3n) is 5.09. The van der Waals surface area contributed by atoms with Crippen molar-refractivity contribution in [1.29, 1.82) is 0 Å². The summed E-state index contributed by atoms with van der Waals surface area (Å²) in [4.78, 5) is 29.1. The Morgan fingerprint density at radius 2 is 1.56 bits per heavy atom. The molecule has 2 aromatic carbocycles. The number of carbonyl (C=O) groups is 2. The zero-order valence-electron chi connectivity index (χ0n) is 16.2. The van der Waals surface area contributed by atoms with Gasteiger partial charge in [0.2, 0.25) is 5.91 Å². The minimum Gasteiger partial charge on any atom is -0.496 e. The molecule has 0 aliphatic carbocycles. The van der Waals surface area contributed by atoms with E-state index in [4.69, 9.17) is 4.74 Å². The molecule has 0 aromatic heterocycles. The van der Waals surface area contributed by atoms with Gasteiger partial charge in [-0.15, -0.1) is 0 Å². The highest BCUT2D eigenvalue weighted by Gasteiger charge is 2.26. The Labute approximate surface area is 160 Å². The molecule has 0 radical (unpaired) electrons. The third-order valence-corrected chi connectivity index (χ3v) is 5.09. The molecule has 2 amide bonds. The Bertz CT molecular complexity index is 825. The third kappa shape index (κ3) is 4.30. The first kappa shape index (κ1) is 19.0. The largest absolute Gasteiger partial charge is 0.496 e. The summed E-state index contributed by atoms with van der Waals surface area (Å²) in [7, 11) is 1.63. The van der Waals surface area contributed by atoms with Gasteiger partial charge in [0.1, 0.15) is 5.75 Å². The maximum Gasteiger partial charge on any atom is 0.254 e. The molecule has 3 rings (SSSR count). The van der Waals surface area contributed by atoms with Crippen LogP contribution in [0, 0.1) is 13.8 Å². The van der Waals surface area contributed by atoms with E-state index in [2.05, 4.69) is 0 Å². The second-order valence-electron chi connectivity index (χ2n) is 6.97. The summed E-state index contributed by atoms with van der Waals surface area (Å²) in [5.74, 6) is 0.929. The number of benzene rings is 2. The molecule has 1 heterocycles. The van der Waals surface area contributed by atoms with Gasteiger partial charge in [-0.2, -0.15) is 0 Å². The molecule has 5 heteroatoms. The first-order valence-electron chi connectivity index (χ1n) is 9.26. The van der Waals surface area contributed by atoms with Gasteiger partial charge >= 0.3 is 0 Å². The van der Waals surface area contributed by atoms with Gasteiger partial charge in [-0.05, 0) is 42.7 Å². The van der Waals surface area contributed by atoms with Gasteiger partial charge in [0.15, 0.2) is 0 Å². The second-order valence-corrected chi connectivity index (χ2v) is 6.97. The quantitative estimate of drug-likeness (QED) is 0.836.